The summed E-state index contributed by atoms with van der Waals surface area (Å²) in [5.74, 6) is -1.04. The summed E-state index contributed by atoms with van der Waals surface area (Å²) in [6.07, 6.45) is 4.08. The van der Waals surface area contributed by atoms with Crippen molar-refractivity contribution in [2.24, 2.45) is 0 Å². The van der Waals surface area contributed by atoms with E-state index in [1.165, 1.54) is 17.2 Å². The minimum absolute atomic E-state index is 0.00275. The molecule has 0 saturated heterocycles. The highest BCUT2D eigenvalue weighted by Gasteiger charge is 2.19. The van der Waals surface area contributed by atoms with Crippen molar-refractivity contribution in [2.75, 3.05) is 20.3 Å². The summed E-state index contributed by atoms with van der Waals surface area (Å²) in [7, 11) is 1.55. The molecule has 0 aliphatic carbocycles. The molecule has 0 aliphatic rings. The standard InChI is InChI=1S/C15H16FN3O2/c1-21-9-8-19(11-12-4-2-3-6-18-12)15(20)13-5-7-17-10-14(13)16/h2-7,10H,8-9,11H2,1H3. The lowest BCUT2D eigenvalue weighted by Gasteiger charge is -2.22. The van der Waals surface area contributed by atoms with Gasteiger partial charge in [0.05, 0.1) is 30.6 Å². The number of methoxy groups -OCH3 is 1. The van der Waals surface area contributed by atoms with Crippen LogP contribution >= 0.6 is 0 Å². The Hall–Kier alpha value is -2.34. The van der Waals surface area contributed by atoms with Gasteiger partial charge in [-0.2, -0.15) is 0 Å². The van der Waals surface area contributed by atoms with Crippen molar-refractivity contribution in [1.29, 1.82) is 0 Å². The van der Waals surface area contributed by atoms with Gasteiger partial charge in [-0.05, 0) is 18.2 Å². The van der Waals surface area contributed by atoms with Crippen LogP contribution in [-0.2, 0) is 11.3 Å². The van der Waals surface area contributed by atoms with E-state index in [9.17, 15) is 9.18 Å². The van der Waals surface area contributed by atoms with Crippen molar-refractivity contribution in [3.63, 3.8) is 0 Å². The Labute approximate surface area is 122 Å². The third-order valence-electron chi connectivity index (χ3n) is 2.93. The summed E-state index contributed by atoms with van der Waals surface area (Å²) in [5.41, 5.74) is 0.730. The molecule has 0 bridgehead atoms. The maximum Gasteiger partial charge on any atom is 0.257 e. The largest absolute Gasteiger partial charge is 0.383 e. The molecule has 6 heteroatoms. The number of nitrogens with zero attached hydrogens (tertiary/aromatic N) is 3. The second-order valence-corrected chi connectivity index (χ2v) is 4.40. The van der Waals surface area contributed by atoms with E-state index >= 15 is 0 Å². The Morgan fingerprint density at radius 3 is 2.86 bits per heavy atom. The van der Waals surface area contributed by atoms with Gasteiger partial charge < -0.3 is 9.64 Å². The third kappa shape index (κ3) is 4.06. The second-order valence-electron chi connectivity index (χ2n) is 4.40. The summed E-state index contributed by atoms with van der Waals surface area (Å²) >= 11 is 0. The van der Waals surface area contributed by atoms with Crippen LogP contribution in [0.2, 0.25) is 0 Å². The molecule has 2 rings (SSSR count). The molecule has 0 spiro atoms. The lowest BCUT2D eigenvalue weighted by Crippen LogP contribution is -2.34. The molecule has 0 saturated carbocycles. The molecular weight excluding hydrogens is 273 g/mol. The molecule has 1 amide bonds. The van der Waals surface area contributed by atoms with Gasteiger partial charge in [0.2, 0.25) is 0 Å². The van der Waals surface area contributed by atoms with E-state index in [-0.39, 0.29) is 5.56 Å². The lowest BCUT2D eigenvalue weighted by molar-refractivity contribution is 0.0673. The molecule has 0 aliphatic heterocycles. The van der Waals surface area contributed by atoms with Crippen LogP contribution in [0, 0.1) is 5.82 Å². The van der Waals surface area contributed by atoms with Gasteiger partial charge >= 0.3 is 0 Å². The molecule has 5 nitrogen and oxygen atoms in total. The Bertz CT molecular complexity index is 592. The molecule has 0 N–H and O–H groups in total. The monoisotopic (exact) mass is 289 g/mol. The average Bonchev–Trinajstić information content (AvgIpc) is 2.52. The first-order valence-electron chi connectivity index (χ1n) is 6.50. The van der Waals surface area contributed by atoms with E-state index in [1.807, 2.05) is 12.1 Å². The predicted octanol–water partition coefficient (Wildman–Crippen LogP) is 1.90. The Kier molecular flexibility index (Phi) is 5.34. The average molecular weight is 289 g/mol. The third-order valence-corrected chi connectivity index (χ3v) is 2.93. The number of aromatic nitrogens is 2. The van der Waals surface area contributed by atoms with Gasteiger partial charge in [-0.25, -0.2) is 4.39 Å². The molecular formula is C15H16FN3O2. The molecule has 2 aromatic rings. The van der Waals surface area contributed by atoms with Crippen molar-refractivity contribution in [3.8, 4) is 0 Å². The van der Waals surface area contributed by atoms with E-state index in [4.69, 9.17) is 4.74 Å². The second kappa shape index (κ2) is 7.44. The van der Waals surface area contributed by atoms with Crippen LogP contribution in [0.15, 0.2) is 42.9 Å². The first-order chi connectivity index (χ1) is 10.2. The highest BCUT2D eigenvalue weighted by molar-refractivity contribution is 5.94. The van der Waals surface area contributed by atoms with Crippen LogP contribution in [0.1, 0.15) is 16.1 Å². The highest BCUT2D eigenvalue weighted by Crippen LogP contribution is 2.11. The van der Waals surface area contributed by atoms with Crippen LogP contribution < -0.4 is 0 Å². The zero-order chi connectivity index (χ0) is 15.1. The fraction of sp³-hybridized carbons (Fsp3) is 0.267. The number of ether oxygens (including phenoxy) is 1. The van der Waals surface area contributed by atoms with Crippen molar-refractivity contribution in [3.05, 3.63) is 59.9 Å². The van der Waals surface area contributed by atoms with Crippen molar-refractivity contribution in [2.45, 2.75) is 6.54 Å². The number of pyridine rings is 2. The lowest BCUT2D eigenvalue weighted by atomic mass is 10.2. The number of carbonyl (C=O) groups is 1. The topological polar surface area (TPSA) is 55.3 Å². The molecule has 0 fully saturated rings. The molecule has 21 heavy (non-hydrogen) atoms. The molecule has 0 atom stereocenters. The van der Waals surface area contributed by atoms with Crippen LogP contribution in [0.3, 0.4) is 0 Å². The van der Waals surface area contributed by atoms with Crippen molar-refractivity contribution < 1.29 is 13.9 Å². The van der Waals surface area contributed by atoms with Gasteiger partial charge in [-0.3, -0.25) is 14.8 Å². The minimum atomic E-state index is -0.633. The number of rotatable bonds is 6. The van der Waals surface area contributed by atoms with E-state index in [0.717, 1.165) is 11.9 Å². The van der Waals surface area contributed by atoms with Crippen LogP contribution in [-0.4, -0.2) is 41.0 Å². The van der Waals surface area contributed by atoms with Gasteiger partial charge in [-0.15, -0.1) is 0 Å². The summed E-state index contributed by atoms with van der Waals surface area (Å²) in [4.78, 5) is 21.8. The number of hydrogen-bond donors (Lipinski definition) is 0. The molecule has 2 aromatic heterocycles. The van der Waals surface area contributed by atoms with E-state index < -0.39 is 11.7 Å². The number of hydrogen-bond acceptors (Lipinski definition) is 4. The summed E-state index contributed by atoms with van der Waals surface area (Å²) in [5, 5.41) is 0. The zero-order valence-electron chi connectivity index (χ0n) is 11.7. The van der Waals surface area contributed by atoms with E-state index in [0.29, 0.717) is 19.7 Å². The fourth-order valence-corrected chi connectivity index (χ4v) is 1.86. The minimum Gasteiger partial charge on any atom is -0.383 e. The number of amides is 1. The Balaban J connectivity index is 2.19. The maximum atomic E-state index is 13.7. The SMILES string of the molecule is COCCN(Cc1ccccn1)C(=O)c1ccncc1F. The zero-order valence-corrected chi connectivity index (χ0v) is 11.7. The normalized spacial score (nSPS) is 10.4. The van der Waals surface area contributed by atoms with E-state index in [2.05, 4.69) is 9.97 Å². The quantitative estimate of drug-likeness (QED) is 0.815. The smallest absolute Gasteiger partial charge is 0.257 e. The number of halogens is 1. The van der Waals surface area contributed by atoms with Gasteiger partial charge in [-0.1, -0.05) is 6.07 Å². The van der Waals surface area contributed by atoms with Gasteiger partial charge in [0.1, 0.15) is 0 Å². The van der Waals surface area contributed by atoms with Crippen molar-refractivity contribution >= 4 is 5.91 Å². The van der Waals surface area contributed by atoms with Gasteiger partial charge in [0.25, 0.3) is 5.91 Å². The Morgan fingerprint density at radius 2 is 2.19 bits per heavy atom. The molecule has 110 valence electrons. The molecule has 2 heterocycles. The summed E-state index contributed by atoms with van der Waals surface area (Å²) < 4.78 is 18.7. The molecule has 0 radical (unpaired) electrons. The first kappa shape index (κ1) is 15.1. The van der Waals surface area contributed by atoms with Crippen molar-refractivity contribution in [1.82, 2.24) is 14.9 Å². The van der Waals surface area contributed by atoms with Crippen LogP contribution in [0.5, 0.6) is 0 Å². The van der Waals surface area contributed by atoms with Gasteiger partial charge in [0.15, 0.2) is 5.82 Å². The predicted molar refractivity (Wildman–Crippen MR) is 75.0 cm³/mol. The summed E-state index contributed by atoms with van der Waals surface area (Å²) in [6.45, 7) is 1.02. The molecule has 0 aromatic carbocycles. The number of carbonyl (C=O) groups excluding carboxylic acids is 1. The maximum absolute atomic E-state index is 13.7. The molecule has 0 unspecified atom stereocenters. The Morgan fingerprint density at radius 1 is 1.33 bits per heavy atom. The van der Waals surface area contributed by atoms with Gasteiger partial charge in [0, 0.05) is 26.0 Å². The van der Waals surface area contributed by atoms with Crippen LogP contribution in [0.25, 0.3) is 0 Å². The fourth-order valence-electron chi connectivity index (χ4n) is 1.86. The first-order valence-corrected chi connectivity index (χ1v) is 6.50. The van der Waals surface area contributed by atoms with E-state index in [1.54, 1.807) is 19.4 Å². The van der Waals surface area contributed by atoms with Crippen LogP contribution in [0.4, 0.5) is 4.39 Å². The summed E-state index contributed by atoms with van der Waals surface area (Å²) in [6, 6.07) is 6.83. The highest BCUT2D eigenvalue weighted by atomic mass is 19.1.